The van der Waals surface area contributed by atoms with Crippen LogP contribution in [0.3, 0.4) is 0 Å². The lowest BCUT2D eigenvalue weighted by Crippen LogP contribution is -2.60. The maximum atomic E-state index is 3.94. The summed E-state index contributed by atoms with van der Waals surface area (Å²) >= 11 is 0. The highest BCUT2D eigenvalue weighted by molar-refractivity contribution is 5.18. The molecule has 0 unspecified atom stereocenters. The third kappa shape index (κ3) is 1.60. The predicted octanol–water partition coefficient (Wildman–Crippen LogP) is 1.74. The molecule has 0 saturated carbocycles. The van der Waals surface area contributed by atoms with Gasteiger partial charge in [0, 0.05) is 36.8 Å². The largest absolute Gasteiger partial charge is 0.383 e. The Morgan fingerprint density at radius 2 is 1.92 bits per heavy atom. The van der Waals surface area contributed by atoms with Gasteiger partial charge in [0.25, 0.3) is 0 Å². The molecule has 2 nitrogen and oxygen atoms in total. The van der Waals surface area contributed by atoms with Crippen molar-refractivity contribution < 1.29 is 0 Å². The van der Waals surface area contributed by atoms with Crippen LogP contribution in [-0.4, -0.2) is 29.6 Å². The average molecular weight is 180 g/mol. The first-order valence-electron chi connectivity index (χ1n) is 5.31. The highest BCUT2D eigenvalue weighted by Gasteiger charge is 2.41. The van der Waals surface area contributed by atoms with E-state index in [1.165, 1.54) is 38.0 Å². The third-order valence-electron chi connectivity index (χ3n) is 3.48. The van der Waals surface area contributed by atoms with Crippen LogP contribution in [0.2, 0.25) is 0 Å². The highest BCUT2D eigenvalue weighted by atomic mass is 15.2. The molecular formula is C11H20N2. The topological polar surface area (TPSA) is 15.3 Å². The fourth-order valence-electron chi connectivity index (χ4n) is 2.54. The van der Waals surface area contributed by atoms with Crippen LogP contribution in [-0.2, 0) is 0 Å². The van der Waals surface area contributed by atoms with Crippen LogP contribution >= 0.6 is 0 Å². The Bertz CT molecular complexity index is 202. The molecule has 0 aromatic carbocycles. The van der Waals surface area contributed by atoms with E-state index in [2.05, 4.69) is 30.6 Å². The Hall–Kier alpha value is -0.500. The smallest absolute Gasteiger partial charge is 0.0449 e. The molecule has 2 fully saturated rings. The zero-order valence-electron chi connectivity index (χ0n) is 8.77. The van der Waals surface area contributed by atoms with Crippen molar-refractivity contribution in [2.75, 3.05) is 13.1 Å². The molecule has 2 aliphatic rings. The lowest BCUT2D eigenvalue weighted by Gasteiger charge is -2.51. The quantitative estimate of drug-likeness (QED) is 0.661. The van der Waals surface area contributed by atoms with E-state index in [-0.39, 0.29) is 0 Å². The first-order valence-corrected chi connectivity index (χ1v) is 5.31. The standard InChI is InChI=1S/C11H20N2/c1-9(2)13-6-4-11(5-7-13)8-10(3)12-11/h9,12H,3-8H2,1-2H3. The molecule has 0 aromatic heterocycles. The summed E-state index contributed by atoms with van der Waals surface area (Å²) in [5, 5.41) is 3.50. The van der Waals surface area contributed by atoms with E-state index in [0.29, 0.717) is 11.6 Å². The van der Waals surface area contributed by atoms with E-state index in [9.17, 15) is 0 Å². The van der Waals surface area contributed by atoms with Gasteiger partial charge in [-0.15, -0.1) is 0 Å². The van der Waals surface area contributed by atoms with Gasteiger partial charge >= 0.3 is 0 Å². The number of hydrogen-bond acceptors (Lipinski definition) is 2. The molecule has 1 spiro atoms. The fourth-order valence-corrected chi connectivity index (χ4v) is 2.54. The van der Waals surface area contributed by atoms with E-state index in [1.54, 1.807) is 0 Å². The lowest BCUT2D eigenvalue weighted by atomic mass is 9.77. The molecule has 2 aliphatic heterocycles. The SMILES string of the molecule is C=C1CC2(CCN(C(C)C)CC2)N1. The molecule has 13 heavy (non-hydrogen) atoms. The fraction of sp³-hybridized carbons (Fsp3) is 0.818. The van der Waals surface area contributed by atoms with Gasteiger partial charge < -0.3 is 10.2 Å². The maximum Gasteiger partial charge on any atom is 0.0449 e. The monoisotopic (exact) mass is 180 g/mol. The maximum absolute atomic E-state index is 3.94. The Morgan fingerprint density at radius 3 is 2.31 bits per heavy atom. The summed E-state index contributed by atoms with van der Waals surface area (Å²) in [5.74, 6) is 0. The summed E-state index contributed by atoms with van der Waals surface area (Å²) < 4.78 is 0. The van der Waals surface area contributed by atoms with Crippen molar-refractivity contribution >= 4 is 0 Å². The van der Waals surface area contributed by atoms with Crippen molar-refractivity contribution in [1.29, 1.82) is 0 Å². The van der Waals surface area contributed by atoms with Gasteiger partial charge in [0.1, 0.15) is 0 Å². The highest BCUT2D eigenvalue weighted by Crippen LogP contribution is 2.36. The molecule has 0 radical (unpaired) electrons. The van der Waals surface area contributed by atoms with Crippen molar-refractivity contribution in [3.63, 3.8) is 0 Å². The minimum Gasteiger partial charge on any atom is -0.383 e. The van der Waals surface area contributed by atoms with Crippen LogP contribution < -0.4 is 5.32 Å². The van der Waals surface area contributed by atoms with Gasteiger partial charge in [-0.05, 0) is 26.7 Å². The molecule has 0 amide bonds. The van der Waals surface area contributed by atoms with Gasteiger partial charge in [-0.1, -0.05) is 6.58 Å². The second kappa shape index (κ2) is 3.02. The van der Waals surface area contributed by atoms with E-state index in [0.717, 1.165) is 0 Å². The van der Waals surface area contributed by atoms with Gasteiger partial charge in [0.2, 0.25) is 0 Å². The Kier molecular flexibility index (Phi) is 2.11. The normalized spacial score (nSPS) is 27.5. The molecule has 0 aromatic rings. The second-order valence-electron chi connectivity index (χ2n) is 4.82. The van der Waals surface area contributed by atoms with Crippen molar-refractivity contribution in [3.8, 4) is 0 Å². The second-order valence-corrected chi connectivity index (χ2v) is 4.82. The predicted molar refractivity (Wildman–Crippen MR) is 55.6 cm³/mol. The van der Waals surface area contributed by atoms with Crippen molar-refractivity contribution in [2.24, 2.45) is 0 Å². The van der Waals surface area contributed by atoms with E-state index in [1.807, 2.05) is 0 Å². The number of nitrogens with one attached hydrogen (secondary N) is 1. The summed E-state index contributed by atoms with van der Waals surface area (Å²) in [6.45, 7) is 11.0. The Morgan fingerprint density at radius 1 is 1.38 bits per heavy atom. The lowest BCUT2D eigenvalue weighted by molar-refractivity contribution is 0.0894. The molecule has 1 N–H and O–H groups in total. The van der Waals surface area contributed by atoms with Gasteiger partial charge in [-0.3, -0.25) is 0 Å². The van der Waals surface area contributed by atoms with Gasteiger partial charge in [-0.2, -0.15) is 0 Å². The minimum atomic E-state index is 0.447. The summed E-state index contributed by atoms with van der Waals surface area (Å²) in [4.78, 5) is 2.56. The van der Waals surface area contributed by atoms with Crippen LogP contribution in [0.4, 0.5) is 0 Å². The molecule has 2 heterocycles. The zero-order chi connectivity index (χ0) is 9.47. The van der Waals surface area contributed by atoms with E-state index >= 15 is 0 Å². The average Bonchev–Trinajstić information content (AvgIpc) is 2.03. The van der Waals surface area contributed by atoms with Crippen molar-refractivity contribution in [1.82, 2.24) is 10.2 Å². The van der Waals surface area contributed by atoms with Crippen LogP contribution in [0, 0.1) is 0 Å². The number of hydrogen-bond donors (Lipinski definition) is 1. The molecule has 74 valence electrons. The first kappa shape index (κ1) is 9.07. The van der Waals surface area contributed by atoms with E-state index in [4.69, 9.17) is 0 Å². The molecule has 0 atom stereocenters. The molecular weight excluding hydrogens is 160 g/mol. The van der Waals surface area contributed by atoms with Crippen molar-refractivity contribution in [2.45, 2.75) is 44.7 Å². The molecule has 2 saturated heterocycles. The first-order chi connectivity index (χ1) is 6.11. The summed E-state index contributed by atoms with van der Waals surface area (Å²) in [5.41, 5.74) is 1.68. The zero-order valence-corrected chi connectivity index (χ0v) is 8.77. The number of nitrogens with zero attached hydrogens (tertiary/aromatic N) is 1. The van der Waals surface area contributed by atoms with Crippen LogP contribution in [0.1, 0.15) is 33.1 Å². The van der Waals surface area contributed by atoms with Gasteiger partial charge in [0.05, 0.1) is 0 Å². The number of rotatable bonds is 1. The third-order valence-corrected chi connectivity index (χ3v) is 3.48. The minimum absolute atomic E-state index is 0.447. The summed E-state index contributed by atoms with van der Waals surface area (Å²) in [6, 6.07) is 0.709. The Labute approximate surface area is 81.0 Å². The Balaban J connectivity index is 1.86. The summed E-state index contributed by atoms with van der Waals surface area (Å²) in [6.07, 6.45) is 3.80. The van der Waals surface area contributed by atoms with Crippen LogP contribution in [0.15, 0.2) is 12.3 Å². The summed E-state index contributed by atoms with van der Waals surface area (Å²) in [7, 11) is 0. The van der Waals surface area contributed by atoms with Crippen LogP contribution in [0.25, 0.3) is 0 Å². The van der Waals surface area contributed by atoms with Gasteiger partial charge in [-0.25, -0.2) is 0 Å². The number of likely N-dealkylation sites (tertiary alicyclic amines) is 1. The molecule has 2 rings (SSSR count). The van der Waals surface area contributed by atoms with Gasteiger partial charge in [0.15, 0.2) is 0 Å². The van der Waals surface area contributed by atoms with Crippen LogP contribution in [0.5, 0.6) is 0 Å². The molecule has 0 aliphatic carbocycles. The number of piperidine rings is 1. The van der Waals surface area contributed by atoms with Crippen molar-refractivity contribution in [3.05, 3.63) is 12.3 Å². The molecule has 2 heteroatoms. The van der Waals surface area contributed by atoms with E-state index < -0.39 is 0 Å². The molecule has 0 bridgehead atoms.